The third-order valence-corrected chi connectivity index (χ3v) is 6.93. The highest BCUT2D eigenvalue weighted by Gasteiger charge is 2.19. The van der Waals surface area contributed by atoms with Crippen LogP contribution in [0.1, 0.15) is 0 Å². The second kappa shape index (κ2) is 7.69. The van der Waals surface area contributed by atoms with E-state index in [1.165, 1.54) is 0 Å². The van der Waals surface area contributed by atoms with Crippen LogP contribution in [0.2, 0.25) is 0 Å². The average molecular weight is 443 g/mol. The molecule has 5 aromatic rings. The molecule has 0 unspecified atom stereocenters. The van der Waals surface area contributed by atoms with Gasteiger partial charge < -0.3 is 4.90 Å². The molecule has 5 rings (SSSR count). The molecule has 0 aliphatic rings. The lowest BCUT2D eigenvalue weighted by molar-refractivity contribution is 0.602. The summed E-state index contributed by atoms with van der Waals surface area (Å²) in [5.41, 5.74) is 4.03. The zero-order chi connectivity index (χ0) is 22.3. The Kier molecular flexibility index (Phi) is 4.83. The number of nitrogens with zero attached hydrogens (tertiary/aromatic N) is 2. The van der Waals surface area contributed by atoms with Gasteiger partial charge in [0.05, 0.1) is 16.1 Å². The van der Waals surface area contributed by atoms with Crippen LogP contribution in [0.15, 0.2) is 89.8 Å². The monoisotopic (exact) mass is 442 g/mol. The fraction of sp³-hybridized carbons (Fsp3) is 0.0800. The Labute approximate surface area is 186 Å². The molecule has 1 aromatic heterocycles. The number of hydrogen-bond acceptors (Lipinski definition) is 4. The lowest BCUT2D eigenvalue weighted by Crippen LogP contribution is -2.14. The molecule has 2 N–H and O–H groups in total. The number of H-pyrrole nitrogens is 1. The first-order valence-corrected chi connectivity index (χ1v) is 11.7. The maximum atomic E-state index is 13.4. The van der Waals surface area contributed by atoms with Gasteiger partial charge in [-0.15, -0.1) is 0 Å². The highest BCUT2D eigenvalue weighted by molar-refractivity contribution is 7.93. The van der Waals surface area contributed by atoms with Crippen LogP contribution in [0, 0.1) is 0 Å². The van der Waals surface area contributed by atoms with Gasteiger partial charge in [-0.05, 0) is 30.3 Å². The number of hydrogen-bond donors (Lipinski definition) is 2. The normalized spacial score (nSPS) is 11.7. The van der Waals surface area contributed by atoms with E-state index in [0.29, 0.717) is 11.1 Å². The van der Waals surface area contributed by atoms with E-state index in [2.05, 4.69) is 14.9 Å². The molecule has 6 nitrogen and oxygen atoms in total. The molecule has 4 aromatic carbocycles. The smallest absolute Gasteiger partial charge is 0.262 e. The van der Waals surface area contributed by atoms with Gasteiger partial charge in [0.2, 0.25) is 0 Å². The first kappa shape index (κ1) is 20.1. The fourth-order valence-electron chi connectivity index (χ4n) is 3.99. The third kappa shape index (κ3) is 3.46. The standard InChI is InChI=1S/C25H22N4O2S/c1-29(2)23-12-6-11-20-19(23)10-7-13-24(20)32(30,31)28-18-14-15-22-21(16-18)25(27-26-22)17-8-4-3-5-9-17/h3-16,28H,1-2H3,(H,26,27). The van der Waals surface area contributed by atoms with Crippen molar-refractivity contribution in [2.45, 2.75) is 4.90 Å². The van der Waals surface area contributed by atoms with E-state index in [1.54, 1.807) is 18.2 Å². The van der Waals surface area contributed by atoms with E-state index >= 15 is 0 Å². The van der Waals surface area contributed by atoms with Crippen LogP contribution in [0.5, 0.6) is 0 Å². The molecule has 0 spiro atoms. The molecule has 1 heterocycles. The Morgan fingerprint density at radius 3 is 2.34 bits per heavy atom. The molecular formula is C25H22N4O2S. The summed E-state index contributed by atoms with van der Waals surface area (Å²) in [7, 11) is 0.0755. The van der Waals surface area contributed by atoms with Gasteiger partial charge in [0.25, 0.3) is 10.0 Å². The molecule has 0 bridgehead atoms. The van der Waals surface area contributed by atoms with Crippen LogP contribution in [0.4, 0.5) is 11.4 Å². The van der Waals surface area contributed by atoms with Crippen molar-refractivity contribution in [1.29, 1.82) is 0 Å². The van der Waals surface area contributed by atoms with Gasteiger partial charge in [-0.1, -0.05) is 54.6 Å². The number of anilines is 2. The van der Waals surface area contributed by atoms with Gasteiger partial charge >= 0.3 is 0 Å². The predicted octanol–water partition coefficient (Wildman–Crippen LogP) is 5.25. The van der Waals surface area contributed by atoms with Gasteiger partial charge in [-0.3, -0.25) is 9.82 Å². The van der Waals surface area contributed by atoms with E-state index in [0.717, 1.165) is 33.2 Å². The Morgan fingerprint density at radius 1 is 0.812 bits per heavy atom. The van der Waals surface area contributed by atoms with Crippen molar-refractivity contribution in [3.8, 4) is 11.3 Å². The molecule has 0 radical (unpaired) electrons. The largest absolute Gasteiger partial charge is 0.377 e. The van der Waals surface area contributed by atoms with Crippen LogP contribution < -0.4 is 9.62 Å². The van der Waals surface area contributed by atoms with Gasteiger partial charge in [0, 0.05) is 47.2 Å². The van der Waals surface area contributed by atoms with Gasteiger partial charge in [0.1, 0.15) is 0 Å². The van der Waals surface area contributed by atoms with Crippen molar-refractivity contribution in [2.24, 2.45) is 0 Å². The molecule has 0 aliphatic carbocycles. The van der Waals surface area contributed by atoms with Crippen molar-refractivity contribution in [2.75, 3.05) is 23.7 Å². The van der Waals surface area contributed by atoms with Crippen LogP contribution >= 0.6 is 0 Å². The lowest BCUT2D eigenvalue weighted by atomic mass is 10.1. The average Bonchev–Trinajstić information content (AvgIpc) is 3.21. The van der Waals surface area contributed by atoms with Gasteiger partial charge in [-0.25, -0.2) is 8.42 Å². The van der Waals surface area contributed by atoms with E-state index < -0.39 is 10.0 Å². The molecule has 0 saturated heterocycles. The Balaban J connectivity index is 1.58. The second-order valence-corrected chi connectivity index (χ2v) is 9.48. The molecule has 0 atom stereocenters. The number of fused-ring (bicyclic) bond motifs is 2. The number of rotatable bonds is 5. The van der Waals surface area contributed by atoms with Crippen molar-refractivity contribution in [1.82, 2.24) is 10.2 Å². The Morgan fingerprint density at radius 2 is 1.56 bits per heavy atom. The summed E-state index contributed by atoms with van der Waals surface area (Å²) in [6.45, 7) is 0. The third-order valence-electron chi connectivity index (χ3n) is 5.49. The summed E-state index contributed by atoms with van der Waals surface area (Å²) in [5, 5.41) is 9.86. The van der Waals surface area contributed by atoms with E-state index in [9.17, 15) is 8.42 Å². The van der Waals surface area contributed by atoms with Gasteiger partial charge in [-0.2, -0.15) is 5.10 Å². The Hall–Kier alpha value is -3.84. The number of aromatic nitrogens is 2. The highest BCUT2D eigenvalue weighted by Crippen LogP contribution is 2.32. The van der Waals surface area contributed by atoms with Crippen molar-refractivity contribution in [3.05, 3.63) is 84.9 Å². The first-order valence-electron chi connectivity index (χ1n) is 10.2. The van der Waals surface area contributed by atoms with Crippen molar-refractivity contribution >= 4 is 43.1 Å². The quantitative estimate of drug-likeness (QED) is 0.390. The van der Waals surface area contributed by atoms with Crippen LogP contribution in [-0.2, 0) is 10.0 Å². The zero-order valence-corrected chi connectivity index (χ0v) is 18.5. The van der Waals surface area contributed by atoms with Crippen LogP contribution in [0.25, 0.3) is 32.9 Å². The molecule has 7 heteroatoms. The predicted molar refractivity (Wildman–Crippen MR) is 131 cm³/mol. The van der Waals surface area contributed by atoms with Gasteiger partial charge in [0.15, 0.2) is 0 Å². The minimum absolute atomic E-state index is 0.245. The topological polar surface area (TPSA) is 78.1 Å². The van der Waals surface area contributed by atoms with E-state index in [1.807, 2.05) is 85.7 Å². The zero-order valence-electron chi connectivity index (χ0n) is 17.7. The summed E-state index contributed by atoms with van der Waals surface area (Å²) in [6, 6.07) is 26.2. The maximum Gasteiger partial charge on any atom is 0.262 e. The summed E-state index contributed by atoms with van der Waals surface area (Å²) in [4.78, 5) is 2.22. The second-order valence-electron chi connectivity index (χ2n) is 7.83. The number of aromatic amines is 1. The highest BCUT2D eigenvalue weighted by atomic mass is 32.2. The maximum absolute atomic E-state index is 13.4. The van der Waals surface area contributed by atoms with E-state index in [4.69, 9.17) is 0 Å². The lowest BCUT2D eigenvalue weighted by Gasteiger charge is -2.17. The molecule has 0 saturated carbocycles. The molecular weight excluding hydrogens is 420 g/mol. The fourth-order valence-corrected chi connectivity index (χ4v) is 5.27. The summed E-state index contributed by atoms with van der Waals surface area (Å²) in [6.07, 6.45) is 0. The Bertz CT molecular complexity index is 1540. The SMILES string of the molecule is CN(C)c1cccc2c(S(=O)(=O)Nc3ccc4[nH]nc(-c5ccccc5)c4c3)cccc12. The number of sulfonamides is 1. The molecule has 160 valence electrons. The summed E-state index contributed by atoms with van der Waals surface area (Å²) < 4.78 is 29.5. The molecule has 0 fully saturated rings. The van der Waals surface area contributed by atoms with Crippen molar-refractivity contribution < 1.29 is 8.42 Å². The summed E-state index contributed by atoms with van der Waals surface area (Å²) >= 11 is 0. The number of nitrogens with one attached hydrogen (secondary N) is 2. The summed E-state index contributed by atoms with van der Waals surface area (Å²) in [5.74, 6) is 0. The van der Waals surface area contributed by atoms with Crippen molar-refractivity contribution in [3.63, 3.8) is 0 Å². The molecule has 0 aliphatic heterocycles. The molecule has 32 heavy (non-hydrogen) atoms. The first-order chi connectivity index (χ1) is 15.4. The van der Waals surface area contributed by atoms with Crippen LogP contribution in [-0.4, -0.2) is 32.7 Å². The van der Waals surface area contributed by atoms with Crippen LogP contribution in [0.3, 0.4) is 0 Å². The number of benzene rings is 4. The minimum Gasteiger partial charge on any atom is -0.377 e. The molecule has 0 amide bonds. The minimum atomic E-state index is -3.81. The van der Waals surface area contributed by atoms with E-state index in [-0.39, 0.29) is 4.90 Å².